The Kier molecular flexibility index (Phi) is 6.30. The van der Waals surface area contributed by atoms with E-state index in [0.29, 0.717) is 43.0 Å². The smallest absolute Gasteiger partial charge is 0.228 e. The third-order valence-electron chi connectivity index (χ3n) is 5.56. The van der Waals surface area contributed by atoms with Gasteiger partial charge in [-0.3, -0.25) is 4.68 Å². The molecule has 0 atom stereocenters. The Bertz CT molecular complexity index is 1260. The highest BCUT2D eigenvalue weighted by atomic mass is 16.5. The topological polar surface area (TPSA) is 103 Å². The minimum atomic E-state index is 0.456. The number of hydrogen-bond acceptors (Lipinski definition) is 9. The van der Waals surface area contributed by atoms with Gasteiger partial charge in [0.25, 0.3) is 0 Å². The maximum absolute atomic E-state index is 5.82. The van der Waals surface area contributed by atoms with Crippen LogP contribution in [-0.2, 0) is 18.3 Å². The number of methoxy groups -OCH3 is 1. The van der Waals surface area contributed by atoms with E-state index >= 15 is 0 Å². The van der Waals surface area contributed by atoms with Gasteiger partial charge in [0, 0.05) is 43.7 Å². The molecule has 0 amide bonds. The summed E-state index contributed by atoms with van der Waals surface area (Å²) in [6.45, 7) is 3.19. The molecule has 34 heavy (non-hydrogen) atoms. The molecule has 1 aliphatic rings. The van der Waals surface area contributed by atoms with Gasteiger partial charge in [0.05, 0.1) is 38.3 Å². The molecule has 1 aromatic carbocycles. The molecular weight excluding hydrogens is 432 g/mol. The van der Waals surface area contributed by atoms with Crippen LogP contribution in [0.15, 0.2) is 54.9 Å². The van der Waals surface area contributed by atoms with Crippen molar-refractivity contribution < 1.29 is 9.47 Å². The molecule has 0 saturated carbocycles. The lowest BCUT2D eigenvalue weighted by Crippen LogP contribution is -2.37. The molecule has 10 heteroatoms. The highest BCUT2D eigenvalue weighted by Crippen LogP contribution is 2.37. The first kappa shape index (κ1) is 21.8. The maximum atomic E-state index is 5.82. The van der Waals surface area contributed by atoms with E-state index in [4.69, 9.17) is 19.4 Å². The Hall–Kier alpha value is -4.05. The van der Waals surface area contributed by atoms with Crippen LogP contribution in [0.1, 0.15) is 5.69 Å². The average molecular weight is 459 g/mol. The number of morpholine rings is 1. The van der Waals surface area contributed by atoms with E-state index < -0.39 is 0 Å². The van der Waals surface area contributed by atoms with Gasteiger partial charge in [-0.25, -0.2) is 4.98 Å². The number of anilines is 2. The molecule has 0 spiro atoms. The van der Waals surface area contributed by atoms with Gasteiger partial charge in [0.2, 0.25) is 5.95 Å². The van der Waals surface area contributed by atoms with E-state index in [1.165, 1.54) is 0 Å². The minimum Gasteiger partial charge on any atom is -0.491 e. The largest absolute Gasteiger partial charge is 0.491 e. The van der Waals surface area contributed by atoms with Crippen molar-refractivity contribution in [2.24, 2.45) is 7.05 Å². The number of aryl methyl sites for hydroxylation is 1. The number of nitrogens with zero attached hydrogens (tertiary/aromatic N) is 7. The number of hydrogen-bond donors (Lipinski definition) is 1. The Morgan fingerprint density at radius 3 is 2.65 bits per heavy atom. The van der Waals surface area contributed by atoms with Gasteiger partial charge in [-0.2, -0.15) is 20.3 Å². The van der Waals surface area contributed by atoms with Gasteiger partial charge in [-0.15, -0.1) is 0 Å². The Morgan fingerprint density at radius 1 is 1.06 bits per heavy atom. The predicted molar refractivity (Wildman–Crippen MR) is 129 cm³/mol. The van der Waals surface area contributed by atoms with E-state index in [1.54, 1.807) is 18.0 Å². The van der Waals surface area contributed by atoms with Crippen LogP contribution in [-0.4, -0.2) is 63.4 Å². The SMILES string of the molecule is COc1c(NCc2cccnn2)nc(N2CCOCC2)nc1-c1cccc(-c2ccn(C)n2)c1. The lowest BCUT2D eigenvalue weighted by atomic mass is 10.0. The standard InChI is InChI=1S/C24H26N8O2/c1-31-10-8-20(30-31)17-5-3-6-18(15-17)21-22(33-2)23(25-16-19-7-4-9-26-29-19)28-24(27-21)32-11-13-34-14-12-32/h3-10,15H,11-14,16H2,1-2H3,(H,25,27,28). The first-order chi connectivity index (χ1) is 16.7. The maximum Gasteiger partial charge on any atom is 0.228 e. The minimum absolute atomic E-state index is 0.456. The Balaban J connectivity index is 1.57. The van der Waals surface area contributed by atoms with E-state index in [1.807, 2.05) is 49.6 Å². The van der Waals surface area contributed by atoms with Crippen molar-refractivity contribution in [1.82, 2.24) is 29.9 Å². The van der Waals surface area contributed by atoms with Crippen LogP contribution >= 0.6 is 0 Å². The second-order valence-corrected chi connectivity index (χ2v) is 7.88. The molecule has 0 aliphatic carbocycles. The van der Waals surface area contributed by atoms with Gasteiger partial charge >= 0.3 is 0 Å². The van der Waals surface area contributed by atoms with Crippen molar-refractivity contribution >= 4 is 11.8 Å². The number of benzene rings is 1. The number of aromatic nitrogens is 6. The molecule has 4 aromatic rings. The lowest BCUT2D eigenvalue weighted by molar-refractivity contribution is 0.122. The quantitative estimate of drug-likeness (QED) is 0.448. The summed E-state index contributed by atoms with van der Waals surface area (Å²) < 4.78 is 13.1. The van der Waals surface area contributed by atoms with Crippen LogP contribution in [0.5, 0.6) is 5.75 Å². The first-order valence-corrected chi connectivity index (χ1v) is 11.1. The Labute approximate surface area is 197 Å². The van der Waals surface area contributed by atoms with Gasteiger partial charge in [-0.05, 0) is 24.3 Å². The molecule has 5 rings (SSSR count). The lowest BCUT2D eigenvalue weighted by Gasteiger charge is -2.28. The molecule has 10 nitrogen and oxygen atoms in total. The fourth-order valence-corrected chi connectivity index (χ4v) is 3.85. The molecular formula is C24H26N8O2. The van der Waals surface area contributed by atoms with Crippen molar-refractivity contribution in [3.63, 3.8) is 0 Å². The molecule has 1 N–H and O–H groups in total. The summed E-state index contributed by atoms with van der Waals surface area (Å²) >= 11 is 0. The molecule has 174 valence electrons. The first-order valence-electron chi connectivity index (χ1n) is 11.1. The number of ether oxygens (including phenoxy) is 2. The average Bonchev–Trinajstić information content (AvgIpc) is 3.34. The summed E-state index contributed by atoms with van der Waals surface area (Å²) in [5.74, 6) is 1.80. The van der Waals surface area contributed by atoms with Crippen LogP contribution in [0.3, 0.4) is 0 Å². The number of nitrogens with one attached hydrogen (secondary N) is 1. The van der Waals surface area contributed by atoms with Crippen LogP contribution in [0, 0.1) is 0 Å². The van der Waals surface area contributed by atoms with Crippen LogP contribution in [0.4, 0.5) is 11.8 Å². The normalized spacial score (nSPS) is 13.6. The van der Waals surface area contributed by atoms with Crippen molar-refractivity contribution in [2.75, 3.05) is 43.6 Å². The van der Waals surface area contributed by atoms with Crippen molar-refractivity contribution in [3.8, 4) is 28.3 Å². The third-order valence-corrected chi connectivity index (χ3v) is 5.56. The van der Waals surface area contributed by atoms with Crippen molar-refractivity contribution in [3.05, 3.63) is 60.6 Å². The molecule has 1 fully saturated rings. The monoisotopic (exact) mass is 458 g/mol. The fourth-order valence-electron chi connectivity index (χ4n) is 3.85. The summed E-state index contributed by atoms with van der Waals surface area (Å²) in [5.41, 5.74) is 4.32. The van der Waals surface area contributed by atoms with Gasteiger partial charge < -0.3 is 19.7 Å². The molecule has 1 aliphatic heterocycles. The second kappa shape index (κ2) is 9.84. The molecule has 3 aromatic heterocycles. The third kappa shape index (κ3) is 4.67. The summed E-state index contributed by atoms with van der Waals surface area (Å²) in [6, 6.07) is 13.9. The molecule has 0 bridgehead atoms. The van der Waals surface area contributed by atoms with Crippen molar-refractivity contribution in [1.29, 1.82) is 0 Å². The highest BCUT2D eigenvalue weighted by Gasteiger charge is 2.22. The van der Waals surface area contributed by atoms with E-state index in [9.17, 15) is 0 Å². The highest BCUT2D eigenvalue weighted by molar-refractivity contribution is 5.77. The van der Waals surface area contributed by atoms with E-state index in [-0.39, 0.29) is 0 Å². The fraction of sp³-hybridized carbons (Fsp3) is 0.292. The zero-order valence-electron chi connectivity index (χ0n) is 19.2. The molecule has 0 radical (unpaired) electrons. The van der Waals surface area contributed by atoms with E-state index in [2.05, 4.69) is 31.6 Å². The van der Waals surface area contributed by atoms with Gasteiger partial charge in [0.1, 0.15) is 5.69 Å². The zero-order chi connectivity index (χ0) is 23.3. The summed E-state index contributed by atoms with van der Waals surface area (Å²) in [7, 11) is 3.54. The van der Waals surface area contributed by atoms with Gasteiger partial charge in [0.15, 0.2) is 11.6 Å². The van der Waals surface area contributed by atoms with Crippen LogP contribution in [0.25, 0.3) is 22.5 Å². The predicted octanol–water partition coefficient (Wildman–Crippen LogP) is 2.79. The molecule has 0 unspecified atom stereocenters. The summed E-state index contributed by atoms with van der Waals surface area (Å²) in [5, 5.41) is 16.0. The summed E-state index contributed by atoms with van der Waals surface area (Å²) in [6.07, 6.45) is 3.58. The summed E-state index contributed by atoms with van der Waals surface area (Å²) in [4.78, 5) is 11.9. The van der Waals surface area contributed by atoms with Crippen LogP contribution < -0.4 is 15.0 Å². The van der Waals surface area contributed by atoms with Crippen LogP contribution in [0.2, 0.25) is 0 Å². The van der Waals surface area contributed by atoms with Crippen molar-refractivity contribution in [2.45, 2.75) is 6.54 Å². The zero-order valence-corrected chi connectivity index (χ0v) is 19.2. The molecule has 4 heterocycles. The van der Waals surface area contributed by atoms with Gasteiger partial charge in [-0.1, -0.05) is 18.2 Å². The second-order valence-electron chi connectivity index (χ2n) is 7.88. The molecule has 1 saturated heterocycles. The Morgan fingerprint density at radius 2 is 1.91 bits per heavy atom. The van der Waals surface area contributed by atoms with E-state index in [0.717, 1.165) is 35.6 Å². The number of rotatable bonds is 7.